The number of carbonyl (C=O) groups is 1. The Morgan fingerprint density at radius 3 is 2.75 bits per heavy atom. The number of thiophene rings is 1. The number of hydrogen-bond acceptors (Lipinski definition) is 6. The van der Waals surface area contributed by atoms with E-state index in [0.29, 0.717) is 25.3 Å². The lowest BCUT2D eigenvalue weighted by Gasteiger charge is -2.35. The zero-order valence-corrected chi connectivity index (χ0v) is 16.6. The van der Waals surface area contributed by atoms with E-state index >= 15 is 0 Å². The SMILES string of the molecule is Cn1c(C(=O)N2CCN(c3ncnc4ccsc34)CC2)c2n(c1=O)CCCC2. The van der Waals surface area contributed by atoms with Crippen molar-refractivity contribution in [3.05, 3.63) is 39.6 Å². The second kappa shape index (κ2) is 6.73. The number of carbonyl (C=O) groups excluding carboxylic acids is 1. The predicted octanol–water partition coefficient (Wildman–Crippen LogP) is 1.49. The van der Waals surface area contributed by atoms with Crippen molar-refractivity contribution in [2.75, 3.05) is 31.1 Å². The van der Waals surface area contributed by atoms with Gasteiger partial charge in [0.15, 0.2) is 0 Å². The average Bonchev–Trinajstić information content (AvgIpc) is 3.31. The van der Waals surface area contributed by atoms with Crippen LogP contribution in [0, 0.1) is 0 Å². The van der Waals surface area contributed by atoms with Gasteiger partial charge in [-0.25, -0.2) is 14.8 Å². The van der Waals surface area contributed by atoms with Gasteiger partial charge in [-0.3, -0.25) is 13.9 Å². The molecule has 0 atom stereocenters. The van der Waals surface area contributed by atoms with E-state index in [4.69, 9.17) is 0 Å². The lowest BCUT2D eigenvalue weighted by Crippen LogP contribution is -2.49. The molecule has 1 saturated heterocycles. The van der Waals surface area contributed by atoms with Crippen molar-refractivity contribution in [1.82, 2.24) is 24.0 Å². The lowest BCUT2D eigenvalue weighted by molar-refractivity contribution is 0.0735. The molecular weight excluding hydrogens is 376 g/mol. The molecule has 146 valence electrons. The molecule has 5 rings (SSSR count). The molecule has 3 aromatic rings. The standard InChI is InChI=1S/C19H22N6O2S/c1-22-15(14-4-2-3-6-25(14)19(22)27)18(26)24-9-7-23(8-10-24)17-16-13(5-11-28-16)20-12-21-17/h5,11-12H,2-4,6-10H2,1H3. The minimum absolute atomic E-state index is 0.0288. The van der Waals surface area contributed by atoms with E-state index in [9.17, 15) is 9.59 Å². The van der Waals surface area contributed by atoms with Crippen LogP contribution < -0.4 is 10.6 Å². The van der Waals surface area contributed by atoms with Gasteiger partial charge in [-0.15, -0.1) is 11.3 Å². The number of rotatable bonds is 2. The molecule has 0 bridgehead atoms. The van der Waals surface area contributed by atoms with Crippen LogP contribution in [0.4, 0.5) is 5.82 Å². The van der Waals surface area contributed by atoms with Crippen molar-refractivity contribution in [2.24, 2.45) is 7.05 Å². The Morgan fingerprint density at radius 2 is 1.93 bits per heavy atom. The third kappa shape index (κ3) is 2.64. The van der Waals surface area contributed by atoms with Crippen LogP contribution >= 0.6 is 11.3 Å². The van der Waals surface area contributed by atoms with E-state index in [1.807, 2.05) is 16.3 Å². The first kappa shape index (κ1) is 17.4. The summed E-state index contributed by atoms with van der Waals surface area (Å²) in [4.78, 5) is 38.6. The smallest absolute Gasteiger partial charge is 0.328 e. The number of fused-ring (bicyclic) bond motifs is 2. The van der Waals surface area contributed by atoms with Crippen LogP contribution in [0.2, 0.25) is 0 Å². The minimum atomic E-state index is -0.0715. The van der Waals surface area contributed by atoms with Crippen molar-refractivity contribution in [3.63, 3.8) is 0 Å². The Kier molecular flexibility index (Phi) is 4.19. The minimum Gasteiger partial charge on any atom is -0.352 e. The molecule has 28 heavy (non-hydrogen) atoms. The quantitative estimate of drug-likeness (QED) is 0.654. The summed E-state index contributed by atoms with van der Waals surface area (Å²) in [5.74, 6) is 0.916. The second-order valence-corrected chi connectivity index (χ2v) is 8.27. The van der Waals surface area contributed by atoms with Gasteiger partial charge in [0, 0.05) is 39.8 Å². The Balaban J connectivity index is 1.37. The Morgan fingerprint density at radius 1 is 1.11 bits per heavy atom. The highest BCUT2D eigenvalue weighted by molar-refractivity contribution is 7.17. The van der Waals surface area contributed by atoms with Crippen molar-refractivity contribution < 1.29 is 4.79 Å². The lowest BCUT2D eigenvalue weighted by atomic mass is 10.1. The fraction of sp³-hybridized carbons (Fsp3) is 0.474. The summed E-state index contributed by atoms with van der Waals surface area (Å²) >= 11 is 1.64. The Bertz CT molecular complexity index is 1110. The number of piperazine rings is 1. The van der Waals surface area contributed by atoms with Gasteiger partial charge in [0.05, 0.1) is 15.9 Å². The number of anilines is 1. The van der Waals surface area contributed by atoms with Crippen LogP contribution in [0.3, 0.4) is 0 Å². The normalized spacial score (nSPS) is 17.2. The zero-order chi connectivity index (χ0) is 19.3. The van der Waals surface area contributed by atoms with E-state index in [-0.39, 0.29) is 11.6 Å². The molecule has 0 N–H and O–H groups in total. The molecule has 9 heteroatoms. The number of hydrogen-bond donors (Lipinski definition) is 0. The number of aromatic nitrogens is 4. The molecule has 1 fully saturated rings. The topological polar surface area (TPSA) is 76.3 Å². The van der Waals surface area contributed by atoms with Gasteiger partial charge in [0.2, 0.25) is 0 Å². The second-order valence-electron chi connectivity index (χ2n) is 7.36. The molecule has 0 spiro atoms. The van der Waals surface area contributed by atoms with E-state index in [2.05, 4.69) is 14.9 Å². The van der Waals surface area contributed by atoms with Crippen molar-refractivity contribution >= 4 is 33.3 Å². The number of imidazole rings is 1. The van der Waals surface area contributed by atoms with Gasteiger partial charge in [-0.2, -0.15) is 0 Å². The van der Waals surface area contributed by atoms with E-state index in [1.165, 1.54) is 4.57 Å². The predicted molar refractivity (Wildman–Crippen MR) is 108 cm³/mol. The first-order valence-corrected chi connectivity index (χ1v) is 10.5. The summed E-state index contributed by atoms with van der Waals surface area (Å²) in [5, 5.41) is 2.03. The highest BCUT2D eigenvalue weighted by Gasteiger charge is 2.30. The van der Waals surface area contributed by atoms with E-state index < -0.39 is 0 Å². The Hall–Kier alpha value is -2.68. The Labute approximate surface area is 166 Å². The van der Waals surface area contributed by atoms with Crippen LogP contribution in [0.25, 0.3) is 10.2 Å². The van der Waals surface area contributed by atoms with E-state index in [1.54, 1.807) is 29.3 Å². The summed E-state index contributed by atoms with van der Waals surface area (Å²) in [6.07, 6.45) is 4.43. The van der Waals surface area contributed by atoms with Gasteiger partial charge in [-0.05, 0) is 30.7 Å². The molecule has 0 aliphatic carbocycles. The number of nitrogens with zero attached hydrogens (tertiary/aromatic N) is 6. The molecule has 8 nitrogen and oxygen atoms in total. The number of amides is 1. The molecule has 2 aliphatic rings. The van der Waals surface area contributed by atoms with Gasteiger partial charge in [-0.1, -0.05) is 0 Å². The molecule has 0 aromatic carbocycles. The molecule has 0 radical (unpaired) electrons. The highest BCUT2D eigenvalue weighted by atomic mass is 32.1. The monoisotopic (exact) mass is 398 g/mol. The van der Waals surface area contributed by atoms with E-state index in [0.717, 1.165) is 54.1 Å². The van der Waals surface area contributed by atoms with Gasteiger partial charge in [0.25, 0.3) is 5.91 Å². The molecule has 5 heterocycles. The fourth-order valence-electron chi connectivity index (χ4n) is 4.30. The third-order valence-corrected chi connectivity index (χ3v) is 6.69. The van der Waals surface area contributed by atoms with Crippen molar-refractivity contribution in [1.29, 1.82) is 0 Å². The summed E-state index contributed by atoms with van der Waals surface area (Å²) in [5.41, 5.74) is 2.37. The summed E-state index contributed by atoms with van der Waals surface area (Å²) in [7, 11) is 1.71. The molecule has 0 saturated carbocycles. The fourth-order valence-corrected chi connectivity index (χ4v) is 5.16. The maximum absolute atomic E-state index is 13.2. The van der Waals surface area contributed by atoms with Crippen LogP contribution in [-0.2, 0) is 20.0 Å². The molecule has 3 aromatic heterocycles. The van der Waals surface area contributed by atoms with Crippen molar-refractivity contribution in [3.8, 4) is 0 Å². The molecule has 0 unspecified atom stereocenters. The summed E-state index contributed by atoms with van der Waals surface area (Å²) in [6.45, 7) is 3.40. The van der Waals surface area contributed by atoms with Crippen LogP contribution in [-0.4, -0.2) is 56.1 Å². The van der Waals surface area contributed by atoms with Crippen LogP contribution in [0.1, 0.15) is 29.0 Å². The molecular formula is C19H22N6O2S. The maximum atomic E-state index is 13.2. The summed E-state index contributed by atoms with van der Waals surface area (Å²) in [6, 6.07) is 2.00. The first-order valence-electron chi connectivity index (χ1n) is 9.66. The molecule has 1 amide bonds. The average molecular weight is 398 g/mol. The zero-order valence-electron chi connectivity index (χ0n) is 15.8. The first-order chi connectivity index (χ1) is 13.6. The summed E-state index contributed by atoms with van der Waals surface area (Å²) < 4.78 is 4.40. The third-order valence-electron chi connectivity index (χ3n) is 5.79. The highest BCUT2D eigenvalue weighted by Crippen LogP contribution is 2.28. The van der Waals surface area contributed by atoms with Crippen molar-refractivity contribution in [2.45, 2.75) is 25.8 Å². The van der Waals surface area contributed by atoms with Gasteiger partial charge < -0.3 is 9.80 Å². The maximum Gasteiger partial charge on any atom is 0.328 e. The van der Waals surface area contributed by atoms with Crippen LogP contribution in [0.5, 0.6) is 0 Å². The van der Waals surface area contributed by atoms with Crippen LogP contribution in [0.15, 0.2) is 22.6 Å². The van der Waals surface area contributed by atoms with Gasteiger partial charge in [0.1, 0.15) is 17.8 Å². The molecule has 2 aliphatic heterocycles. The van der Waals surface area contributed by atoms with Gasteiger partial charge >= 0.3 is 5.69 Å². The largest absolute Gasteiger partial charge is 0.352 e.